The molecule has 5 nitrogen and oxygen atoms in total. The minimum absolute atomic E-state index is 0.165. The van der Waals surface area contributed by atoms with E-state index in [-0.39, 0.29) is 18.4 Å². The van der Waals surface area contributed by atoms with Gasteiger partial charge in [0.1, 0.15) is 6.54 Å². The van der Waals surface area contributed by atoms with Crippen LogP contribution in [0.5, 0.6) is 0 Å². The largest absolute Gasteiger partial charge is 0.368 e. The molecule has 1 unspecified atom stereocenters. The number of nitrogens with two attached hydrogens (primary N) is 2. The van der Waals surface area contributed by atoms with Gasteiger partial charge in [-0.25, -0.2) is 4.98 Å². The van der Waals surface area contributed by atoms with Gasteiger partial charge in [0.15, 0.2) is 0 Å². The molecule has 1 aromatic heterocycles. The molecule has 1 aromatic rings. The second-order valence-electron chi connectivity index (χ2n) is 4.00. The monoisotopic (exact) mass is 210 g/mol. The molecular weight excluding hydrogens is 192 g/mol. The van der Waals surface area contributed by atoms with Gasteiger partial charge in [0, 0.05) is 24.4 Å². The smallest absolute Gasteiger partial charge is 0.237 e. The summed E-state index contributed by atoms with van der Waals surface area (Å²) in [4.78, 5) is 14.9. The van der Waals surface area contributed by atoms with Crippen molar-refractivity contribution in [2.24, 2.45) is 17.4 Å². The molecule has 0 fully saturated rings. The van der Waals surface area contributed by atoms with Gasteiger partial charge in [-0.05, 0) is 5.92 Å². The van der Waals surface area contributed by atoms with Gasteiger partial charge in [0.2, 0.25) is 5.91 Å². The Labute approximate surface area is 89.5 Å². The van der Waals surface area contributed by atoms with E-state index in [4.69, 9.17) is 11.5 Å². The number of hydrogen-bond donors (Lipinski definition) is 2. The maximum absolute atomic E-state index is 10.8. The molecule has 0 aliphatic carbocycles. The summed E-state index contributed by atoms with van der Waals surface area (Å²) >= 11 is 0. The third-order valence-electron chi connectivity index (χ3n) is 2.51. The highest BCUT2D eigenvalue weighted by atomic mass is 16.1. The second-order valence-corrected chi connectivity index (χ2v) is 4.00. The molecule has 0 spiro atoms. The van der Waals surface area contributed by atoms with E-state index >= 15 is 0 Å². The fourth-order valence-electron chi connectivity index (χ4n) is 1.67. The molecule has 0 radical (unpaired) electrons. The fourth-order valence-corrected chi connectivity index (χ4v) is 1.67. The van der Waals surface area contributed by atoms with Crippen molar-refractivity contribution in [2.75, 3.05) is 6.54 Å². The lowest BCUT2D eigenvalue weighted by Crippen LogP contribution is -2.24. The zero-order valence-electron chi connectivity index (χ0n) is 9.18. The SMILES string of the molecule is CC(C)C(CN)c1cncn1CC(N)=O. The molecule has 1 rings (SSSR count). The Morgan fingerprint density at radius 3 is 2.73 bits per heavy atom. The van der Waals surface area contributed by atoms with E-state index < -0.39 is 0 Å². The molecule has 15 heavy (non-hydrogen) atoms. The molecule has 0 aliphatic rings. The lowest BCUT2D eigenvalue weighted by atomic mass is 9.93. The standard InChI is InChI=1S/C10H18N4O/c1-7(2)8(3-11)9-4-13-6-14(9)5-10(12)15/h4,6-8H,3,5,11H2,1-2H3,(H2,12,15). The van der Waals surface area contributed by atoms with E-state index in [2.05, 4.69) is 18.8 Å². The van der Waals surface area contributed by atoms with Gasteiger partial charge in [-0.1, -0.05) is 13.8 Å². The van der Waals surface area contributed by atoms with E-state index in [0.717, 1.165) is 5.69 Å². The molecule has 5 heteroatoms. The molecule has 0 saturated carbocycles. The van der Waals surface area contributed by atoms with E-state index in [9.17, 15) is 4.79 Å². The number of nitrogens with zero attached hydrogens (tertiary/aromatic N) is 2. The van der Waals surface area contributed by atoms with E-state index in [1.165, 1.54) is 0 Å². The van der Waals surface area contributed by atoms with Crippen molar-refractivity contribution in [1.29, 1.82) is 0 Å². The Morgan fingerprint density at radius 1 is 1.60 bits per heavy atom. The number of hydrogen-bond acceptors (Lipinski definition) is 3. The predicted octanol–water partition coefficient (Wildman–Crippen LogP) is 0.0667. The summed E-state index contributed by atoms with van der Waals surface area (Å²) in [5.41, 5.74) is 11.8. The lowest BCUT2D eigenvalue weighted by Gasteiger charge is -2.20. The maximum Gasteiger partial charge on any atom is 0.237 e. The molecule has 1 heterocycles. The third-order valence-corrected chi connectivity index (χ3v) is 2.51. The number of aromatic nitrogens is 2. The lowest BCUT2D eigenvalue weighted by molar-refractivity contribution is -0.118. The molecule has 1 atom stereocenters. The van der Waals surface area contributed by atoms with Gasteiger partial charge in [-0.3, -0.25) is 4.79 Å². The van der Waals surface area contributed by atoms with Crippen molar-refractivity contribution < 1.29 is 4.79 Å². The van der Waals surface area contributed by atoms with Crippen LogP contribution in [0.3, 0.4) is 0 Å². The van der Waals surface area contributed by atoms with Crippen molar-refractivity contribution in [3.8, 4) is 0 Å². The van der Waals surface area contributed by atoms with Crippen LogP contribution in [-0.4, -0.2) is 22.0 Å². The minimum Gasteiger partial charge on any atom is -0.368 e. The van der Waals surface area contributed by atoms with Crippen LogP contribution < -0.4 is 11.5 Å². The van der Waals surface area contributed by atoms with Crippen molar-refractivity contribution in [3.05, 3.63) is 18.2 Å². The van der Waals surface area contributed by atoms with Crippen LogP contribution in [0.25, 0.3) is 0 Å². The molecule has 1 amide bonds. The van der Waals surface area contributed by atoms with E-state index in [0.29, 0.717) is 12.5 Å². The number of primary amides is 1. The van der Waals surface area contributed by atoms with Crippen LogP contribution in [-0.2, 0) is 11.3 Å². The molecule has 84 valence electrons. The van der Waals surface area contributed by atoms with Gasteiger partial charge < -0.3 is 16.0 Å². The zero-order chi connectivity index (χ0) is 11.4. The first-order valence-electron chi connectivity index (χ1n) is 5.04. The summed E-state index contributed by atoms with van der Waals surface area (Å²) in [5.74, 6) is 0.263. The average molecular weight is 210 g/mol. The Kier molecular flexibility index (Phi) is 3.85. The molecule has 0 saturated heterocycles. The van der Waals surface area contributed by atoms with Crippen LogP contribution in [0.2, 0.25) is 0 Å². The molecule has 4 N–H and O–H groups in total. The molecular formula is C10H18N4O. The van der Waals surface area contributed by atoms with Crippen LogP contribution in [0.4, 0.5) is 0 Å². The first-order valence-corrected chi connectivity index (χ1v) is 5.04. The summed E-state index contributed by atoms with van der Waals surface area (Å²) in [6, 6.07) is 0. The van der Waals surface area contributed by atoms with Crippen molar-refractivity contribution >= 4 is 5.91 Å². The first kappa shape index (κ1) is 11.7. The topological polar surface area (TPSA) is 86.9 Å². The number of imidazole rings is 1. The highest BCUT2D eigenvalue weighted by Crippen LogP contribution is 2.22. The van der Waals surface area contributed by atoms with Crippen LogP contribution in [0, 0.1) is 5.92 Å². The zero-order valence-corrected chi connectivity index (χ0v) is 9.18. The molecule has 0 aromatic carbocycles. The summed E-state index contributed by atoms with van der Waals surface area (Å²) in [6.45, 7) is 4.90. The fraction of sp³-hybridized carbons (Fsp3) is 0.600. The van der Waals surface area contributed by atoms with E-state index in [1.807, 2.05) is 0 Å². The Balaban J connectivity index is 2.92. The van der Waals surface area contributed by atoms with Gasteiger partial charge in [0.05, 0.1) is 6.33 Å². The maximum atomic E-state index is 10.8. The summed E-state index contributed by atoms with van der Waals surface area (Å²) in [7, 11) is 0. The van der Waals surface area contributed by atoms with Crippen LogP contribution >= 0.6 is 0 Å². The highest BCUT2D eigenvalue weighted by Gasteiger charge is 2.18. The highest BCUT2D eigenvalue weighted by molar-refractivity contribution is 5.73. The third kappa shape index (κ3) is 2.79. The Bertz CT molecular complexity index is 332. The van der Waals surface area contributed by atoms with Gasteiger partial charge in [-0.15, -0.1) is 0 Å². The van der Waals surface area contributed by atoms with Crippen molar-refractivity contribution in [1.82, 2.24) is 9.55 Å². The summed E-state index contributed by atoms with van der Waals surface area (Å²) < 4.78 is 1.76. The quantitative estimate of drug-likeness (QED) is 0.720. The van der Waals surface area contributed by atoms with E-state index in [1.54, 1.807) is 17.1 Å². The molecule has 0 aliphatic heterocycles. The normalized spacial score (nSPS) is 13.1. The number of carbonyl (C=O) groups excluding carboxylic acids is 1. The summed E-state index contributed by atoms with van der Waals surface area (Å²) in [5, 5.41) is 0. The minimum atomic E-state index is -0.367. The van der Waals surface area contributed by atoms with Crippen molar-refractivity contribution in [2.45, 2.75) is 26.3 Å². The van der Waals surface area contributed by atoms with Crippen LogP contribution in [0.15, 0.2) is 12.5 Å². The Morgan fingerprint density at radius 2 is 2.27 bits per heavy atom. The van der Waals surface area contributed by atoms with Gasteiger partial charge in [0.25, 0.3) is 0 Å². The number of amides is 1. The molecule has 0 bridgehead atoms. The second kappa shape index (κ2) is 4.93. The predicted molar refractivity (Wildman–Crippen MR) is 58.1 cm³/mol. The Hall–Kier alpha value is -1.36. The summed E-state index contributed by atoms with van der Waals surface area (Å²) in [6.07, 6.45) is 3.37. The number of rotatable bonds is 5. The van der Waals surface area contributed by atoms with Gasteiger partial charge in [-0.2, -0.15) is 0 Å². The van der Waals surface area contributed by atoms with Crippen LogP contribution in [0.1, 0.15) is 25.5 Å². The van der Waals surface area contributed by atoms with Crippen molar-refractivity contribution in [3.63, 3.8) is 0 Å². The average Bonchev–Trinajstić information content (AvgIpc) is 2.53. The number of carbonyl (C=O) groups is 1. The first-order chi connectivity index (χ1) is 7.06. The van der Waals surface area contributed by atoms with Gasteiger partial charge >= 0.3 is 0 Å².